The summed E-state index contributed by atoms with van der Waals surface area (Å²) in [6.07, 6.45) is -3.69. The summed E-state index contributed by atoms with van der Waals surface area (Å²) in [6.45, 7) is 0.613. The van der Waals surface area contributed by atoms with Crippen molar-refractivity contribution in [2.24, 2.45) is 0 Å². The molecule has 0 fully saturated rings. The van der Waals surface area contributed by atoms with Crippen LogP contribution in [-0.2, 0) is 19.2 Å². The molecule has 2 heterocycles. The van der Waals surface area contributed by atoms with Gasteiger partial charge in [-0.05, 0) is 29.7 Å². The molecule has 7 heteroatoms. The van der Waals surface area contributed by atoms with Gasteiger partial charge in [-0.2, -0.15) is 13.2 Å². The zero-order valence-electron chi connectivity index (χ0n) is 14.1. The molecule has 0 atom stereocenters. The number of rotatable bonds is 4. The second-order valence-corrected chi connectivity index (χ2v) is 7.36. The Bertz CT molecular complexity index is 966. The highest BCUT2D eigenvalue weighted by Crippen LogP contribution is 2.43. The minimum atomic E-state index is -4.46. The van der Waals surface area contributed by atoms with Crippen LogP contribution in [0.1, 0.15) is 15.3 Å². The normalized spacial score (nSPS) is 13.3. The molecular weight excluding hydrogens is 378 g/mol. The third-order valence-electron chi connectivity index (χ3n) is 4.36. The van der Waals surface area contributed by atoms with Crippen molar-refractivity contribution < 1.29 is 22.3 Å². The maximum atomic E-state index is 14.1. The van der Waals surface area contributed by atoms with Gasteiger partial charge in [0, 0.05) is 28.7 Å². The fourth-order valence-electron chi connectivity index (χ4n) is 3.11. The van der Waals surface area contributed by atoms with Gasteiger partial charge in [0.1, 0.15) is 11.5 Å². The Morgan fingerprint density at radius 1 is 1.07 bits per heavy atom. The van der Waals surface area contributed by atoms with Crippen LogP contribution in [0.15, 0.2) is 48.5 Å². The Hall–Kier alpha value is -2.54. The largest absolute Gasteiger partial charge is 0.485 e. The van der Waals surface area contributed by atoms with Crippen molar-refractivity contribution in [3.63, 3.8) is 0 Å². The number of ether oxygens (including phenoxy) is 1. The van der Waals surface area contributed by atoms with E-state index < -0.39 is 16.9 Å². The van der Waals surface area contributed by atoms with E-state index in [1.54, 1.807) is 36.4 Å². The average Bonchev–Trinajstić information content (AvgIpc) is 3.26. The molecule has 1 aliphatic rings. The van der Waals surface area contributed by atoms with Gasteiger partial charge >= 0.3 is 6.18 Å². The lowest BCUT2D eigenvalue weighted by Crippen LogP contribution is -2.03. The van der Waals surface area contributed by atoms with Crippen LogP contribution in [0.5, 0.6) is 5.75 Å². The third kappa shape index (κ3) is 3.64. The van der Waals surface area contributed by atoms with Crippen molar-refractivity contribution in [2.45, 2.75) is 19.2 Å². The monoisotopic (exact) mass is 393 g/mol. The Balaban J connectivity index is 1.61. The topological polar surface area (TPSA) is 21.3 Å². The fourth-order valence-corrected chi connectivity index (χ4v) is 4.07. The number of fused-ring (bicyclic) bond motifs is 1. The van der Waals surface area contributed by atoms with Gasteiger partial charge < -0.3 is 10.1 Å². The first kappa shape index (κ1) is 17.9. The summed E-state index contributed by atoms with van der Waals surface area (Å²) in [5, 5.41) is 3.07. The summed E-state index contributed by atoms with van der Waals surface area (Å²) in [5.74, 6) is -0.472. The summed E-state index contributed by atoms with van der Waals surface area (Å²) in [4.78, 5) is -0.287. The SMILES string of the molecule is Fc1cc2c(cc1OCc1cc(-c3ccccc3)c(C(F)(F)F)s1)CCN2. The molecule has 0 radical (unpaired) electrons. The molecule has 1 aromatic heterocycles. The van der Waals surface area contributed by atoms with Gasteiger partial charge in [-0.15, -0.1) is 11.3 Å². The van der Waals surface area contributed by atoms with Gasteiger partial charge in [-0.3, -0.25) is 0 Å². The lowest BCUT2D eigenvalue weighted by Gasteiger charge is -2.08. The third-order valence-corrected chi connectivity index (χ3v) is 5.52. The lowest BCUT2D eigenvalue weighted by atomic mass is 10.1. The quantitative estimate of drug-likeness (QED) is 0.539. The van der Waals surface area contributed by atoms with E-state index in [9.17, 15) is 17.6 Å². The summed E-state index contributed by atoms with van der Waals surface area (Å²) >= 11 is 0.627. The van der Waals surface area contributed by atoms with E-state index in [4.69, 9.17) is 4.74 Å². The average molecular weight is 393 g/mol. The van der Waals surface area contributed by atoms with E-state index in [-0.39, 0.29) is 17.9 Å². The minimum absolute atomic E-state index is 0.0562. The molecule has 3 aromatic rings. The first-order valence-corrected chi connectivity index (χ1v) is 9.18. The zero-order valence-corrected chi connectivity index (χ0v) is 14.9. The van der Waals surface area contributed by atoms with Crippen molar-refractivity contribution in [3.05, 3.63) is 69.7 Å². The van der Waals surface area contributed by atoms with Crippen LogP contribution in [0.25, 0.3) is 11.1 Å². The number of hydrogen-bond donors (Lipinski definition) is 1. The Labute approximate surface area is 157 Å². The molecule has 2 nitrogen and oxygen atoms in total. The number of hydrogen-bond acceptors (Lipinski definition) is 3. The van der Waals surface area contributed by atoms with E-state index in [0.29, 0.717) is 21.8 Å². The van der Waals surface area contributed by atoms with E-state index in [2.05, 4.69) is 5.32 Å². The first-order chi connectivity index (χ1) is 12.9. The van der Waals surface area contributed by atoms with Crippen LogP contribution in [0.3, 0.4) is 0 Å². The predicted octanol–water partition coefficient (Wildman–Crippen LogP) is 6.12. The first-order valence-electron chi connectivity index (χ1n) is 8.36. The molecule has 0 spiro atoms. The maximum absolute atomic E-state index is 14.1. The zero-order chi connectivity index (χ0) is 19.0. The number of nitrogens with one attached hydrogen (secondary N) is 1. The van der Waals surface area contributed by atoms with Gasteiger partial charge in [0.15, 0.2) is 11.6 Å². The van der Waals surface area contributed by atoms with Crippen molar-refractivity contribution in [3.8, 4) is 16.9 Å². The summed E-state index contributed by atoms with van der Waals surface area (Å²) in [6, 6.07) is 12.8. The van der Waals surface area contributed by atoms with E-state index in [1.807, 2.05) is 0 Å². The molecule has 0 saturated heterocycles. The molecule has 1 N–H and O–H groups in total. The molecule has 140 valence electrons. The predicted molar refractivity (Wildman–Crippen MR) is 97.7 cm³/mol. The fraction of sp³-hybridized carbons (Fsp3) is 0.200. The highest BCUT2D eigenvalue weighted by molar-refractivity contribution is 7.12. The number of thiophene rings is 1. The summed E-state index contributed by atoms with van der Waals surface area (Å²) < 4.78 is 59.9. The van der Waals surface area contributed by atoms with Crippen molar-refractivity contribution >= 4 is 17.0 Å². The van der Waals surface area contributed by atoms with Crippen LogP contribution in [0.4, 0.5) is 23.2 Å². The van der Waals surface area contributed by atoms with Gasteiger partial charge in [0.2, 0.25) is 0 Å². The minimum Gasteiger partial charge on any atom is -0.485 e. The molecule has 0 saturated carbocycles. The number of halogens is 4. The van der Waals surface area contributed by atoms with Crippen molar-refractivity contribution in [2.75, 3.05) is 11.9 Å². The van der Waals surface area contributed by atoms with Gasteiger partial charge in [-0.1, -0.05) is 30.3 Å². The van der Waals surface area contributed by atoms with Crippen LogP contribution < -0.4 is 10.1 Å². The molecule has 2 aromatic carbocycles. The summed E-state index contributed by atoms with van der Waals surface area (Å²) in [7, 11) is 0. The Morgan fingerprint density at radius 3 is 2.59 bits per heavy atom. The van der Waals surface area contributed by atoms with Gasteiger partial charge in [-0.25, -0.2) is 4.39 Å². The van der Waals surface area contributed by atoms with Crippen LogP contribution in [0, 0.1) is 5.82 Å². The second-order valence-electron chi connectivity index (χ2n) is 6.22. The van der Waals surface area contributed by atoms with Crippen LogP contribution in [0.2, 0.25) is 0 Å². The standard InChI is InChI=1S/C20H15F4NOS/c21-16-10-17-13(6-7-25-17)8-18(16)26-11-14-9-15(12-4-2-1-3-5-12)19(27-14)20(22,23)24/h1-5,8-10,25H,6-7,11H2. The van der Waals surface area contributed by atoms with E-state index in [1.165, 1.54) is 12.1 Å². The van der Waals surface area contributed by atoms with E-state index >= 15 is 0 Å². The summed E-state index contributed by atoms with van der Waals surface area (Å²) in [5.41, 5.74) is 2.28. The molecular formula is C20H15F4NOS. The Kier molecular flexibility index (Phi) is 4.55. The smallest absolute Gasteiger partial charge is 0.426 e. The molecule has 4 rings (SSSR count). The van der Waals surface area contributed by atoms with Crippen LogP contribution >= 0.6 is 11.3 Å². The lowest BCUT2D eigenvalue weighted by molar-refractivity contribution is -0.133. The molecule has 0 bridgehead atoms. The Morgan fingerprint density at radius 2 is 1.85 bits per heavy atom. The van der Waals surface area contributed by atoms with Gasteiger partial charge in [0.25, 0.3) is 0 Å². The van der Waals surface area contributed by atoms with Crippen LogP contribution in [-0.4, -0.2) is 6.54 Å². The number of benzene rings is 2. The number of alkyl halides is 3. The molecule has 27 heavy (non-hydrogen) atoms. The number of anilines is 1. The van der Waals surface area contributed by atoms with Crippen molar-refractivity contribution in [1.82, 2.24) is 0 Å². The highest BCUT2D eigenvalue weighted by atomic mass is 32.1. The maximum Gasteiger partial charge on any atom is 0.426 e. The second kappa shape index (κ2) is 6.88. The molecule has 0 unspecified atom stereocenters. The molecule has 0 aliphatic carbocycles. The van der Waals surface area contributed by atoms with E-state index in [0.717, 1.165) is 24.2 Å². The molecule has 1 aliphatic heterocycles. The van der Waals surface area contributed by atoms with Crippen molar-refractivity contribution in [1.29, 1.82) is 0 Å². The highest BCUT2D eigenvalue weighted by Gasteiger charge is 2.36. The molecule has 0 amide bonds. The van der Waals surface area contributed by atoms with Gasteiger partial charge in [0.05, 0.1) is 0 Å².